The average molecular weight is 701 g/mol. The number of nitrogens with zero attached hydrogens (tertiary/aromatic N) is 6. The van der Waals surface area contributed by atoms with Gasteiger partial charge >= 0.3 is 11.9 Å². The number of fused-ring (bicyclic) bond motifs is 6. The third-order valence-corrected chi connectivity index (χ3v) is 11.9. The quantitative estimate of drug-likeness (QED) is 0.191. The number of benzene rings is 2. The molecule has 6 aliphatic rings. The van der Waals surface area contributed by atoms with Crippen molar-refractivity contribution in [1.82, 2.24) is 28.9 Å². The highest BCUT2D eigenvalue weighted by Crippen LogP contribution is 2.42. The summed E-state index contributed by atoms with van der Waals surface area (Å²) in [5.41, 5.74) is -2.04. The van der Waals surface area contributed by atoms with E-state index in [9.17, 15) is 30.0 Å². The standard InChI is InChI=1S/2C19H23N3O3.H2O/c2*23-17(16-12-14-6-9-21(16)10-7-14)19(18(24)25,22-11-8-20-13-22)15-4-2-1-3-5-15;/h2*1-5,8,11,13-14,16-17,23H,6-7,9-10,12H2,(H,24,25);1H2/t2*16?,17-,19+;/m11./s1. The molecule has 6 aliphatic heterocycles. The lowest BCUT2D eigenvalue weighted by Gasteiger charge is -2.50. The van der Waals surface area contributed by atoms with Gasteiger partial charge in [-0.05, 0) is 87.7 Å². The normalized spacial score (nSPS) is 28.5. The van der Waals surface area contributed by atoms with E-state index in [1.165, 1.54) is 12.7 Å². The summed E-state index contributed by atoms with van der Waals surface area (Å²) in [6.45, 7) is 3.73. The molecule has 51 heavy (non-hydrogen) atoms. The van der Waals surface area contributed by atoms with Crippen LogP contribution in [0.25, 0.3) is 0 Å². The molecular formula is C38H48N6O7. The maximum atomic E-state index is 12.6. The lowest BCUT2D eigenvalue weighted by molar-refractivity contribution is -0.157. The Labute approximate surface area is 297 Å². The van der Waals surface area contributed by atoms with Crippen molar-refractivity contribution in [2.45, 2.75) is 73.9 Å². The van der Waals surface area contributed by atoms with Crippen molar-refractivity contribution in [2.75, 3.05) is 26.2 Å². The van der Waals surface area contributed by atoms with Gasteiger partial charge in [0.25, 0.3) is 0 Å². The molecule has 272 valence electrons. The number of aliphatic hydroxyl groups excluding tert-OH is 2. The molecule has 0 radical (unpaired) electrons. The summed E-state index contributed by atoms with van der Waals surface area (Å²) >= 11 is 0. The Hall–Kier alpha value is -4.40. The van der Waals surface area contributed by atoms with Crippen LogP contribution in [0.3, 0.4) is 0 Å². The number of carbonyl (C=O) groups is 2. The van der Waals surface area contributed by atoms with Crippen LogP contribution in [0, 0.1) is 11.8 Å². The van der Waals surface area contributed by atoms with Crippen molar-refractivity contribution < 1.29 is 35.5 Å². The molecule has 2 unspecified atom stereocenters. The van der Waals surface area contributed by atoms with Crippen LogP contribution < -0.4 is 0 Å². The zero-order valence-electron chi connectivity index (χ0n) is 28.6. The first-order valence-electron chi connectivity index (χ1n) is 17.7. The molecule has 6 fully saturated rings. The number of rotatable bonds is 10. The minimum Gasteiger partial charge on any atom is -0.479 e. The molecule has 6 N–H and O–H groups in total. The Kier molecular flexibility index (Phi) is 10.7. The van der Waals surface area contributed by atoms with E-state index in [-0.39, 0.29) is 17.6 Å². The van der Waals surface area contributed by atoms with Crippen molar-refractivity contribution in [3.05, 3.63) is 109 Å². The molecule has 0 saturated carbocycles. The first kappa shape index (κ1) is 36.4. The maximum Gasteiger partial charge on any atom is 0.337 e. The van der Waals surface area contributed by atoms with E-state index in [1.54, 1.807) is 58.2 Å². The van der Waals surface area contributed by atoms with Gasteiger partial charge in [0.15, 0.2) is 11.1 Å². The third-order valence-electron chi connectivity index (χ3n) is 11.9. The molecule has 2 aromatic carbocycles. The molecule has 10 rings (SSSR count). The minimum absolute atomic E-state index is 0. The van der Waals surface area contributed by atoms with Crippen LogP contribution >= 0.6 is 0 Å². The van der Waals surface area contributed by atoms with Crippen LogP contribution in [0.5, 0.6) is 0 Å². The number of aromatic nitrogens is 4. The Morgan fingerprint density at radius 3 is 1.24 bits per heavy atom. The van der Waals surface area contributed by atoms with Gasteiger partial charge in [0.1, 0.15) is 12.2 Å². The number of aliphatic carboxylic acids is 2. The highest BCUT2D eigenvalue weighted by molar-refractivity contribution is 5.83. The van der Waals surface area contributed by atoms with E-state index >= 15 is 0 Å². The largest absolute Gasteiger partial charge is 0.479 e. The number of hydrogen-bond donors (Lipinski definition) is 4. The Morgan fingerprint density at radius 1 is 0.627 bits per heavy atom. The van der Waals surface area contributed by atoms with Gasteiger partial charge in [-0.1, -0.05) is 60.7 Å². The second-order valence-electron chi connectivity index (χ2n) is 14.3. The number of carboxylic acid groups (broad SMARTS) is 2. The van der Waals surface area contributed by atoms with E-state index < -0.39 is 35.2 Å². The van der Waals surface area contributed by atoms with Gasteiger partial charge < -0.3 is 35.0 Å². The molecule has 0 amide bonds. The summed E-state index contributed by atoms with van der Waals surface area (Å²) in [5, 5.41) is 43.4. The van der Waals surface area contributed by atoms with Gasteiger partial charge in [-0.2, -0.15) is 0 Å². The van der Waals surface area contributed by atoms with Gasteiger partial charge in [0.2, 0.25) is 0 Å². The lowest BCUT2D eigenvalue weighted by atomic mass is 9.73. The maximum absolute atomic E-state index is 12.6. The van der Waals surface area contributed by atoms with Gasteiger partial charge in [0.05, 0.1) is 12.7 Å². The lowest BCUT2D eigenvalue weighted by Crippen LogP contribution is -2.63. The zero-order chi connectivity index (χ0) is 34.9. The summed E-state index contributed by atoms with van der Waals surface area (Å²) in [4.78, 5) is 37.8. The summed E-state index contributed by atoms with van der Waals surface area (Å²) in [7, 11) is 0. The van der Waals surface area contributed by atoms with Gasteiger partial charge in [-0.3, -0.25) is 9.80 Å². The molecular weight excluding hydrogens is 652 g/mol. The highest BCUT2D eigenvalue weighted by atomic mass is 16.4. The smallest absolute Gasteiger partial charge is 0.337 e. The monoisotopic (exact) mass is 700 g/mol. The molecule has 0 aliphatic carbocycles. The Bertz CT molecular complexity index is 1580. The van der Waals surface area contributed by atoms with E-state index in [1.807, 2.05) is 36.4 Å². The molecule has 6 atom stereocenters. The van der Waals surface area contributed by atoms with Gasteiger partial charge in [-0.15, -0.1) is 0 Å². The van der Waals surface area contributed by atoms with Crippen LogP contribution in [-0.2, 0) is 20.7 Å². The zero-order valence-corrected chi connectivity index (χ0v) is 28.6. The molecule has 13 heteroatoms. The van der Waals surface area contributed by atoms with Crippen LogP contribution in [0.15, 0.2) is 98.1 Å². The van der Waals surface area contributed by atoms with Crippen molar-refractivity contribution in [3.63, 3.8) is 0 Å². The summed E-state index contributed by atoms with van der Waals surface area (Å²) < 4.78 is 3.08. The second kappa shape index (κ2) is 15.1. The number of hydrogen-bond acceptors (Lipinski definition) is 8. The Morgan fingerprint density at radius 2 is 0.980 bits per heavy atom. The topological polar surface area (TPSA) is 189 Å². The fourth-order valence-electron chi connectivity index (χ4n) is 9.22. The fourth-order valence-corrected chi connectivity index (χ4v) is 9.22. The van der Waals surface area contributed by atoms with Crippen LogP contribution in [0.1, 0.15) is 49.7 Å². The molecule has 2 aromatic heterocycles. The van der Waals surface area contributed by atoms with Crippen molar-refractivity contribution in [2.24, 2.45) is 11.8 Å². The molecule has 0 spiro atoms. The predicted molar refractivity (Wildman–Crippen MR) is 188 cm³/mol. The Balaban J connectivity index is 0.000000172. The van der Waals surface area contributed by atoms with Gasteiger partial charge in [0, 0.05) is 36.9 Å². The molecule has 13 nitrogen and oxygen atoms in total. The van der Waals surface area contributed by atoms with Crippen LogP contribution in [0.4, 0.5) is 0 Å². The SMILES string of the molecule is O.O=C(O)[C@](c1ccccc1)([C@H](O)C1CC2CCN1CC2)n1ccnc1.O=C(O)[C@](c1ccccc1)([C@H](O)C1CC2CCN1CC2)n1ccnc1. The number of aliphatic hydroxyl groups is 2. The highest BCUT2D eigenvalue weighted by Gasteiger charge is 2.56. The second-order valence-corrected chi connectivity index (χ2v) is 14.3. The minimum atomic E-state index is -1.58. The van der Waals surface area contributed by atoms with Crippen LogP contribution in [0.2, 0.25) is 0 Å². The van der Waals surface area contributed by atoms with E-state index in [2.05, 4.69) is 19.8 Å². The summed E-state index contributed by atoms with van der Waals surface area (Å²) in [5.74, 6) is -0.969. The molecule has 4 aromatic rings. The first-order valence-corrected chi connectivity index (χ1v) is 17.7. The van der Waals surface area contributed by atoms with Crippen LogP contribution in [-0.4, -0.2) is 117 Å². The van der Waals surface area contributed by atoms with Crippen molar-refractivity contribution in [1.29, 1.82) is 0 Å². The van der Waals surface area contributed by atoms with Crippen molar-refractivity contribution in [3.8, 4) is 0 Å². The molecule has 8 heterocycles. The fraction of sp³-hybridized carbons (Fsp3) is 0.474. The van der Waals surface area contributed by atoms with Gasteiger partial charge in [-0.25, -0.2) is 19.6 Å². The third kappa shape index (κ3) is 6.27. The van der Waals surface area contributed by atoms with Crippen molar-refractivity contribution >= 4 is 11.9 Å². The molecule has 6 saturated heterocycles. The summed E-state index contributed by atoms with van der Waals surface area (Å²) in [6.07, 6.45) is 13.5. The summed E-state index contributed by atoms with van der Waals surface area (Å²) in [6, 6.07) is 17.7. The molecule has 4 bridgehead atoms. The van der Waals surface area contributed by atoms with E-state index in [4.69, 9.17) is 0 Å². The van der Waals surface area contributed by atoms with E-state index in [0.29, 0.717) is 23.0 Å². The average Bonchev–Trinajstić information content (AvgIpc) is 3.91. The number of imidazole rings is 2. The first-order chi connectivity index (χ1) is 24.3. The number of carboxylic acids is 2. The number of piperidine rings is 6. The predicted octanol–water partition coefficient (Wildman–Crippen LogP) is 2.29. The van der Waals surface area contributed by atoms with E-state index in [0.717, 1.165) is 64.7 Å².